The molecule has 0 saturated heterocycles. The Morgan fingerprint density at radius 2 is 2.09 bits per heavy atom. The second kappa shape index (κ2) is 5.52. The summed E-state index contributed by atoms with van der Waals surface area (Å²) >= 11 is 0. The van der Waals surface area contributed by atoms with Gasteiger partial charge in [-0.25, -0.2) is 0 Å². The van der Waals surface area contributed by atoms with Crippen LogP contribution in [-0.2, 0) is 19.4 Å². The summed E-state index contributed by atoms with van der Waals surface area (Å²) < 4.78 is 5.48. The van der Waals surface area contributed by atoms with E-state index in [1.807, 2.05) is 18.2 Å². The van der Waals surface area contributed by atoms with Crippen LogP contribution in [0.3, 0.4) is 0 Å². The molecule has 1 aliphatic carbocycles. The van der Waals surface area contributed by atoms with Crippen molar-refractivity contribution in [1.82, 2.24) is 5.16 Å². The first-order valence-electron chi connectivity index (χ1n) is 7.49. The van der Waals surface area contributed by atoms with Crippen LogP contribution in [0.1, 0.15) is 53.2 Å². The predicted octanol–water partition coefficient (Wildman–Crippen LogP) is 3.62. The summed E-state index contributed by atoms with van der Waals surface area (Å²) in [6, 6.07) is 8.10. The van der Waals surface area contributed by atoms with Crippen molar-refractivity contribution in [3.05, 3.63) is 52.4 Å². The lowest BCUT2D eigenvalue weighted by molar-refractivity contribution is 0.0911. The fraction of sp³-hybridized carbons (Fsp3) is 0.389. The summed E-state index contributed by atoms with van der Waals surface area (Å²) in [6.45, 7) is 8.29. The molecule has 2 aromatic rings. The first kappa shape index (κ1) is 14.7. The van der Waals surface area contributed by atoms with Gasteiger partial charge >= 0.3 is 0 Å². The van der Waals surface area contributed by atoms with E-state index in [1.165, 1.54) is 0 Å². The van der Waals surface area contributed by atoms with Crippen molar-refractivity contribution in [2.45, 2.75) is 39.7 Å². The van der Waals surface area contributed by atoms with Crippen molar-refractivity contribution in [3.8, 4) is 0 Å². The van der Waals surface area contributed by atoms with Crippen molar-refractivity contribution in [2.24, 2.45) is 10.4 Å². The Morgan fingerprint density at radius 3 is 2.86 bits per heavy atom. The molecule has 22 heavy (non-hydrogen) atoms. The molecule has 114 valence electrons. The van der Waals surface area contributed by atoms with Gasteiger partial charge in [0.15, 0.2) is 11.5 Å². The molecule has 1 aliphatic rings. The number of nitrogens with zero attached hydrogens (tertiary/aromatic N) is 2. The van der Waals surface area contributed by atoms with E-state index < -0.39 is 0 Å². The highest BCUT2D eigenvalue weighted by Gasteiger charge is 2.35. The number of carbonyl (C=O) groups excluding carboxylic acids is 1. The number of aromatic nitrogens is 1. The molecule has 0 saturated carbocycles. The quantitative estimate of drug-likeness (QED) is 0.810. The largest absolute Gasteiger partial charge is 0.360 e. The summed E-state index contributed by atoms with van der Waals surface area (Å²) in [4.78, 5) is 16.3. The van der Waals surface area contributed by atoms with Crippen LogP contribution in [0, 0.1) is 5.41 Å². The molecule has 0 aliphatic heterocycles. The van der Waals surface area contributed by atoms with Gasteiger partial charge in [0.1, 0.15) is 0 Å². The van der Waals surface area contributed by atoms with Crippen LogP contribution in [0.5, 0.6) is 0 Å². The normalized spacial score (nSPS) is 16.4. The SMILES string of the molecule is C=NCc1cccc(Cc2onc3c2C(=O)CC(C)(C)C3)c1. The molecule has 4 heteroatoms. The molecule has 1 heterocycles. The third-order valence-electron chi connectivity index (χ3n) is 4.05. The average molecular weight is 296 g/mol. The van der Waals surface area contributed by atoms with E-state index in [9.17, 15) is 4.79 Å². The maximum Gasteiger partial charge on any atom is 0.168 e. The van der Waals surface area contributed by atoms with Crippen LogP contribution in [0.2, 0.25) is 0 Å². The number of benzene rings is 1. The first-order chi connectivity index (χ1) is 10.5. The first-order valence-corrected chi connectivity index (χ1v) is 7.49. The summed E-state index contributed by atoms with van der Waals surface area (Å²) in [5.74, 6) is 0.825. The summed E-state index contributed by atoms with van der Waals surface area (Å²) in [7, 11) is 0. The summed E-state index contributed by atoms with van der Waals surface area (Å²) in [5.41, 5.74) is 3.67. The number of rotatable bonds is 4. The van der Waals surface area contributed by atoms with Crippen molar-refractivity contribution in [2.75, 3.05) is 0 Å². The Balaban J connectivity index is 1.89. The zero-order valence-corrected chi connectivity index (χ0v) is 13.1. The lowest BCUT2D eigenvalue weighted by Crippen LogP contribution is -2.27. The topological polar surface area (TPSA) is 55.5 Å². The molecule has 0 fully saturated rings. The highest BCUT2D eigenvalue weighted by molar-refractivity contribution is 5.99. The minimum atomic E-state index is -0.0340. The standard InChI is InChI=1S/C18H20N2O2/c1-18(2)9-14-17(15(21)10-18)16(22-20-14)8-12-5-4-6-13(7-12)11-19-3/h4-7H,3,8-11H2,1-2H3. The van der Waals surface area contributed by atoms with Crippen molar-refractivity contribution in [1.29, 1.82) is 0 Å². The second-order valence-electron chi connectivity index (χ2n) is 6.75. The molecular weight excluding hydrogens is 276 g/mol. The fourth-order valence-electron chi connectivity index (χ4n) is 3.11. The smallest absolute Gasteiger partial charge is 0.168 e. The Bertz CT molecular complexity index is 728. The number of fused-ring (bicyclic) bond motifs is 1. The van der Waals surface area contributed by atoms with Crippen LogP contribution in [-0.4, -0.2) is 17.7 Å². The number of hydrogen-bond donors (Lipinski definition) is 0. The lowest BCUT2D eigenvalue weighted by Gasteiger charge is -2.26. The highest BCUT2D eigenvalue weighted by Crippen LogP contribution is 2.36. The lowest BCUT2D eigenvalue weighted by atomic mass is 9.75. The molecule has 0 radical (unpaired) electrons. The molecule has 1 aromatic carbocycles. The second-order valence-corrected chi connectivity index (χ2v) is 6.75. The Morgan fingerprint density at radius 1 is 1.32 bits per heavy atom. The fourth-order valence-corrected chi connectivity index (χ4v) is 3.11. The molecule has 0 amide bonds. The third-order valence-corrected chi connectivity index (χ3v) is 4.05. The van der Waals surface area contributed by atoms with Gasteiger partial charge in [-0.3, -0.25) is 9.79 Å². The number of hydrogen-bond acceptors (Lipinski definition) is 4. The van der Waals surface area contributed by atoms with Gasteiger partial charge in [0.05, 0.1) is 17.8 Å². The Labute approximate surface area is 130 Å². The van der Waals surface area contributed by atoms with Gasteiger partial charge in [-0.2, -0.15) is 0 Å². The molecule has 0 spiro atoms. The zero-order valence-electron chi connectivity index (χ0n) is 13.1. The van der Waals surface area contributed by atoms with E-state index in [-0.39, 0.29) is 11.2 Å². The zero-order chi connectivity index (χ0) is 15.7. The average Bonchev–Trinajstić information content (AvgIpc) is 2.81. The van der Waals surface area contributed by atoms with Crippen LogP contribution >= 0.6 is 0 Å². The van der Waals surface area contributed by atoms with Gasteiger partial charge in [-0.1, -0.05) is 43.3 Å². The highest BCUT2D eigenvalue weighted by atomic mass is 16.5. The van der Waals surface area contributed by atoms with Gasteiger partial charge < -0.3 is 4.52 Å². The van der Waals surface area contributed by atoms with Crippen molar-refractivity contribution < 1.29 is 9.32 Å². The molecular formula is C18H20N2O2. The Kier molecular flexibility index (Phi) is 3.69. The molecule has 0 N–H and O–H groups in total. The summed E-state index contributed by atoms with van der Waals surface area (Å²) in [6.07, 6.45) is 1.92. The van der Waals surface area contributed by atoms with Gasteiger partial charge in [0.25, 0.3) is 0 Å². The van der Waals surface area contributed by atoms with E-state index in [0.29, 0.717) is 30.7 Å². The third kappa shape index (κ3) is 2.86. The van der Waals surface area contributed by atoms with Gasteiger partial charge in [0.2, 0.25) is 0 Å². The maximum absolute atomic E-state index is 12.4. The minimum absolute atomic E-state index is 0.0340. The van der Waals surface area contributed by atoms with E-state index in [0.717, 1.165) is 23.2 Å². The van der Waals surface area contributed by atoms with E-state index in [4.69, 9.17) is 4.52 Å². The molecule has 0 bridgehead atoms. The number of carbonyl (C=O) groups is 1. The van der Waals surface area contributed by atoms with Crippen LogP contribution < -0.4 is 0 Å². The molecule has 4 nitrogen and oxygen atoms in total. The van der Waals surface area contributed by atoms with E-state index in [2.05, 4.69) is 36.8 Å². The molecule has 0 atom stereocenters. The van der Waals surface area contributed by atoms with E-state index >= 15 is 0 Å². The molecule has 3 rings (SSSR count). The van der Waals surface area contributed by atoms with Crippen molar-refractivity contribution >= 4 is 12.5 Å². The monoisotopic (exact) mass is 296 g/mol. The van der Waals surface area contributed by atoms with Crippen LogP contribution in [0.15, 0.2) is 33.8 Å². The molecule has 0 unspecified atom stereocenters. The van der Waals surface area contributed by atoms with Crippen molar-refractivity contribution in [3.63, 3.8) is 0 Å². The van der Waals surface area contributed by atoms with Gasteiger partial charge in [0, 0.05) is 12.8 Å². The minimum Gasteiger partial charge on any atom is -0.360 e. The van der Waals surface area contributed by atoms with Crippen LogP contribution in [0.25, 0.3) is 0 Å². The van der Waals surface area contributed by atoms with Gasteiger partial charge in [-0.15, -0.1) is 0 Å². The number of ketones is 1. The summed E-state index contributed by atoms with van der Waals surface area (Å²) in [5, 5.41) is 4.13. The maximum atomic E-state index is 12.4. The van der Waals surface area contributed by atoms with Crippen LogP contribution in [0.4, 0.5) is 0 Å². The Hall–Kier alpha value is -2.23. The predicted molar refractivity (Wildman–Crippen MR) is 85.4 cm³/mol. The van der Waals surface area contributed by atoms with E-state index in [1.54, 1.807) is 0 Å². The number of Topliss-reactive ketones (excluding diaryl/α,β-unsaturated/α-hetero) is 1. The van der Waals surface area contributed by atoms with Gasteiger partial charge in [-0.05, 0) is 29.7 Å². The molecule has 1 aromatic heterocycles. The number of aliphatic imine (C=N–C) groups is 1.